The van der Waals surface area contributed by atoms with Crippen LogP contribution in [0.4, 0.5) is 0 Å². The van der Waals surface area contributed by atoms with Gasteiger partial charge in [-0.05, 0) is 37.1 Å². The van der Waals surface area contributed by atoms with Crippen LogP contribution in [0.3, 0.4) is 0 Å². The quantitative estimate of drug-likeness (QED) is 0.731. The van der Waals surface area contributed by atoms with Crippen molar-refractivity contribution in [2.45, 2.75) is 13.3 Å². The molecule has 0 unspecified atom stereocenters. The van der Waals surface area contributed by atoms with E-state index in [0.717, 1.165) is 12.0 Å². The van der Waals surface area contributed by atoms with Crippen molar-refractivity contribution in [3.63, 3.8) is 0 Å². The molecule has 2 rings (SSSR count). The van der Waals surface area contributed by atoms with Crippen molar-refractivity contribution in [1.82, 2.24) is 0 Å². The molecular formula is C18H20O3. The lowest BCUT2D eigenvalue weighted by molar-refractivity contribution is 0.0921. The summed E-state index contributed by atoms with van der Waals surface area (Å²) in [4.78, 5) is 12.0. The van der Waals surface area contributed by atoms with Crippen LogP contribution in [0.1, 0.15) is 21.5 Å². The van der Waals surface area contributed by atoms with E-state index in [4.69, 9.17) is 9.47 Å². The lowest BCUT2D eigenvalue weighted by atomic mass is 10.1. The number of hydrogen-bond donors (Lipinski definition) is 0. The molecule has 21 heavy (non-hydrogen) atoms. The van der Waals surface area contributed by atoms with Crippen molar-refractivity contribution >= 4 is 5.78 Å². The second-order valence-electron chi connectivity index (χ2n) is 4.97. The van der Waals surface area contributed by atoms with Gasteiger partial charge in [-0.2, -0.15) is 0 Å². The number of aryl methyl sites for hydroxylation is 1. The molecule has 0 N–H and O–H groups in total. The molecule has 0 aromatic heterocycles. The Morgan fingerprint density at radius 3 is 2.52 bits per heavy atom. The van der Waals surface area contributed by atoms with E-state index in [-0.39, 0.29) is 12.4 Å². The summed E-state index contributed by atoms with van der Waals surface area (Å²) in [6, 6.07) is 15.3. The highest BCUT2D eigenvalue weighted by atomic mass is 16.5. The maximum Gasteiger partial charge on any atom is 0.200 e. The molecule has 0 spiro atoms. The van der Waals surface area contributed by atoms with E-state index in [2.05, 4.69) is 0 Å². The third-order valence-electron chi connectivity index (χ3n) is 3.23. The first kappa shape index (κ1) is 15.3. The van der Waals surface area contributed by atoms with Crippen LogP contribution in [0.25, 0.3) is 0 Å². The third-order valence-corrected chi connectivity index (χ3v) is 3.23. The van der Waals surface area contributed by atoms with Gasteiger partial charge in [0.25, 0.3) is 0 Å². The van der Waals surface area contributed by atoms with Gasteiger partial charge < -0.3 is 9.47 Å². The van der Waals surface area contributed by atoms with E-state index in [1.165, 1.54) is 5.56 Å². The maximum atomic E-state index is 12.0. The Balaban J connectivity index is 1.89. The SMILES string of the molecule is COCCc1ccc(OCC(=O)c2cccc(C)c2)cc1. The molecule has 0 amide bonds. The van der Waals surface area contributed by atoms with Crippen LogP contribution in [0.5, 0.6) is 5.75 Å². The minimum atomic E-state index is -0.0119. The highest BCUT2D eigenvalue weighted by molar-refractivity contribution is 5.97. The van der Waals surface area contributed by atoms with Crippen LogP contribution in [-0.4, -0.2) is 26.1 Å². The fourth-order valence-electron chi connectivity index (χ4n) is 2.02. The molecule has 2 aromatic carbocycles. The topological polar surface area (TPSA) is 35.5 Å². The fourth-order valence-corrected chi connectivity index (χ4v) is 2.02. The molecule has 0 saturated carbocycles. The summed E-state index contributed by atoms with van der Waals surface area (Å²) in [6.07, 6.45) is 0.874. The molecule has 0 aliphatic carbocycles. The monoisotopic (exact) mass is 284 g/mol. The van der Waals surface area contributed by atoms with Crippen molar-refractivity contribution in [3.05, 3.63) is 65.2 Å². The van der Waals surface area contributed by atoms with E-state index < -0.39 is 0 Å². The predicted octanol–water partition coefficient (Wildman–Crippen LogP) is 3.45. The van der Waals surface area contributed by atoms with Crippen molar-refractivity contribution in [2.24, 2.45) is 0 Å². The number of rotatable bonds is 7. The van der Waals surface area contributed by atoms with Crippen LogP contribution in [0.15, 0.2) is 48.5 Å². The fraction of sp³-hybridized carbons (Fsp3) is 0.278. The molecule has 2 aromatic rings. The summed E-state index contributed by atoms with van der Waals surface area (Å²) in [7, 11) is 1.69. The number of ketones is 1. The van der Waals surface area contributed by atoms with Crippen LogP contribution in [0.2, 0.25) is 0 Å². The Labute approximate surface area is 125 Å². The third kappa shape index (κ3) is 4.72. The minimum Gasteiger partial charge on any atom is -0.485 e. The van der Waals surface area contributed by atoms with Gasteiger partial charge in [0.2, 0.25) is 0 Å². The molecule has 0 atom stereocenters. The summed E-state index contributed by atoms with van der Waals surface area (Å²) >= 11 is 0. The average molecular weight is 284 g/mol. The first-order chi connectivity index (χ1) is 10.2. The van der Waals surface area contributed by atoms with Crippen molar-refractivity contribution in [1.29, 1.82) is 0 Å². The second-order valence-corrected chi connectivity index (χ2v) is 4.97. The Bertz CT molecular complexity index is 588. The van der Waals surface area contributed by atoms with Crippen LogP contribution in [0, 0.1) is 6.92 Å². The van der Waals surface area contributed by atoms with Crippen molar-refractivity contribution in [2.75, 3.05) is 20.3 Å². The molecule has 3 heteroatoms. The number of methoxy groups -OCH3 is 1. The Kier molecular flexibility index (Phi) is 5.52. The summed E-state index contributed by atoms with van der Waals surface area (Å²) in [6.45, 7) is 2.73. The minimum absolute atomic E-state index is 0.0119. The van der Waals surface area contributed by atoms with Gasteiger partial charge in [-0.3, -0.25) is 4.79 Å². The maximum absolute atomic E-state index is 12.0. The number of carbonyl (C=O) groups is 1. The first-order valence-electron chi connectivity index (χ1n) is 6.99. The van der Waals surface area contributed by atoms with Gasteiger partial charge in [0.05, 0.1) is 6.61 Å². The van der Waals surface area contributed by atoms with Gasteiger partial charge in [-0.15, -0.1) is 0 Å². The van der Waals surface area contributed by atoms with E-state index >= 15 is 0 Å². The normalized spacial score (nSPS) is 10.4. The van der Waals surface area contributed by atoms with E-state index in [1.54, 1.807) is 7.11 Å². The first-order valence-corrected chi connectivity index (χ1v) is 6.99. The van der Waals surface area contributed by atoms with Crippen LogP contribution in [-0.2, 0) is 11.2 Å². The molecule has 0 bridgehead atoms. The molecule has 0 aliphatic rings. The number of carbonyl (C=O) groups excluding carboxylic acids is 1. The van der Waals surface area contributed by atoms with Gasteiger partial charge >= 0.3 is 0 Å². The Morgan fingerprint density at radius 1 is 1.10 bits per heavy atom. The summed E-state index contributed by atoms with van der Waals surface area (Å²) in [5, 5.41) is 0. The molecule has 110 valence electrons. The van der Waals surface area contributed by atoms with Gasteiger partial charge in [-0.25, -0.2) is 0 Å². The number of Topliss-reactive ketones (excluding diaryl/α,β-unsaturated/α-hetero) is 1. The summed E-state index contributed by atoms with van der Waals surface area (Å²) in [5.41, 5.74) is 2.95. The standard InChI is InChI=1S/C18H20O3/c1-14-4-3-5-16(12-14)18(19)13-21-17-8-6-15(7-9-17)10-11-20-2/h3-9,12H,10-11,13H2,1-2H3. The highest BCUT2D eigenvalue weighted by Gasteiger charge is 2.06. The average Bonchev–Trinajstić information content (AvgIpc) is 2.51. The summed E-state index contributed by atoms with van der Waals surface area (Å²) < 4.78 is 10.6. The lowest BCUT2D eigenvalue weighted by Gasteiger charge is -2.07. The zero-order valence-electron chi connectivity index (χ0n) is 12.5. The molecule has 0 heterocycles. The number of hydrogen-bond acceptors (Lipinski definition) is 3. The smallest absolute Gasteiger partial charge is 0.200 e. The van der Waals surface area contributed by atoms with Gasteiger partial charge in [0, 0.05) is 12.7 Å². The van der Waals surface area contributed by atoms with E-state index in [0.29, 0.717) is 17.9 Å². The molecule has 0 radical (unpaired) electrons. The molecule has 0 aliphatic heterocycles. The highest BCUT2D eigenvalue weighted by Crippen LogP contribution is 2.13. The van der Waals surface area contributed by atoms with Crippen molar-refractivity contribution in [3.8, 4) is 5.75 Å². The van der Waals surface area contributed by atoms with E-state index in [9.17, 15) is 4.79 Å². The molecule has 3 nitrogen and oxygen atoms in total. The van der Waals surface area contributed by atoms with E-state index in [1.807, 2.05) is 55.5 Å². The summed E-state index contributed by atoms with van der Waals surface area (Å²) in [5.74, 6) is 0.694. The van der Waals surface area contributed by atoms with Crippen molar-refractivity contribution < 1.29 is 14.3 Å². The Hall–Kier alpha value is -2.13. The Morgan fingerprint density at radius 2 is 1.86 bits per heavy atom. The zero-order valence-corrected chi connectivity index (χ0v) is 12.5. The van der Waals surface area contributed by atoms with Gasteiger partial charge in [-0.1, -0.05) is 35.9 Å². The predicted molar refractivity (Wildman–Crippen MR) is 83.0 cm³/mol. The second kappa shape index (κ2) is 7.60. The van der Waals surface area contributed by atoms with Crippen LogP contribution >= 0.6 is 0 Å². The molecular weight excluding hydrogens is 264 g/mol. The number of ether oxygens (including phenoxy) is 2. The van der Waals surface area contributed by atoms with Crippen LogP contribution < -0.4 is 4.74 Å². The molecule has 0 fully saturated rings. The largest absolute Gasteiger partial charge is 0.485 e. The van der Waals surface area contributed by atoms with Gasteiger partial charge in [0.1, 0.15) is 5.75 Å². The number of benzene rings is 2. The lowest BCUT2D eigenvalue weighted by Crippen LogP contribution is -2.11. The molecule has 0 saturated heterocycles. The van der Waals surface area contributed by atoms with Gasteiger partial charge in [0.15, 0.2) is 12.4 Å². The zero-order chi connectivity index (χ0) is 15.1.